The molecule has 0 saturated heterocycles. The summed E-state index contributed by atoms with van der Waals surface area (Å²) in [6, 6.07) is 4.72. The molecule has 2 heterocycles. The lowest BCUT2D eigenvalue weighted by atomic mass is 10.0. The van der Waals surface area contributed by atoms with E-state index in [4.69, 9.17) is 29.0 Å². The number of alkyl carbamates (subject to hydrolysis) is 1. The van der Waals surface area contributed by atoms with Crippen molar-refractivity contribution in [2.24, 2.45) is 0 Å². The van der Waals surface area contributed by atoms with Crippen LogP contribution in [0.25, 0.3) is 11.2 Å². The van der Waals surface area contributed by atoms with Crippen LogP contribution in [0.3, 0.4) is 0 Å². The second kappa shape index (κ2) is 47.7. The average Bonchev–Trinajstić information content (AvgIpc) is 3.10. The van der Waals surface area contributed by atoms with Crippen molar-refractivity contribution in [1.82, 2.24) is 35.9 Å². The molecule has 1 aromatic carbocycles. The van der Waals surface area contributed by atoms with Gasteiger partial charge in [-0.05, 0) is 43.5 Å². The third-order valence-corrected chi connectivity index (χ3v) is 15.8. The molecule has 496 valence electrons. The van der Waals surface area contributed by atoms with Gasteiger partial charge in [-0.2, -0.15) is 4.98 Å². The number of aromatic nitrogens is 4. The van der Waals surface area contributed by atoms with Gasteiger partial charge in [-0.1, -0.05) is 194 Å². The molecular formula is C63H104N9O15P. The van der Waals surface area contributed by atoms with Crippen molar-refractivity contribution >= 4 is 66.4 Å². The molecule has 2 aromatic heterocycles. The standard InChI is InChI=1S/C63H104N9O15P/c1-3-5-7-9-11-13-15-17-19-21-23-25-27-29-31-33-55(74)84-47-52(87-56(75)34-32-30-28-26-24-22-20-18-16-14-12-10-8-6-4-2)48-86-88(81,82)85-44-42-66-63(80)83-43-41-65-54(73)40-39-53(61(78)79)70-59(76)49-35-37-50(38-36-49)67-45-51-46-68-58-57(69-51)60(77)72-62(64)71-58/h35-38,46,52-53,67H,3-34,39-45,47-48H2,1-2H3,(H,65,73)(H,66,80)(H,70,76)(H,78,79)(H,81,82)(H3,64,68,71,72,77). The van der Waals surface area contributed by atoms with E-state index in [0.717, 1.165) is 38.5 Å². The lowest BCUT2D eigenvalue weighted by Gasteiger charge is -2.20. The van der Waals surface area contributed by atoms with Gasteiger partial charge in [0.15, 0.2) is 17.3 Å². The number of hydrogen-bond donors (Lipinski definition) is 8. The summed E-state index contributed by atoms with van der Waals surface area (Å²) < 4.78 is 39.0. The van der Waals surface area contributed by atoms with Gasteiger partial charge in [0.25, 0.3) is 11.5 Å². The minimum Gasteiger partial charge on any atom is -0.480 e. The maximum atomic E-state index is 12.9. The van der Waals surface area contributed by atoms with Crippen LogP contribution in [0.4, 0.5) is 16.4 Å². The summed E-state index contributed by atoms with van der Waals surface area (Å²) in [4.78, 5) is 113. The fourth-order valence-electron chi connectivity index (χ4n) is 9.67. The van der Waals surface area contributed by atoms with Crippen molar-refractivity contribution in [3.05, 3.63) is 52.1 Å². The number of aromatic amines is 1. The van der Waals surface area contributed by atoms with Gasteiger partial charge in [-0.3, -0.25) is 38.0 Å². The number of aliphatic carboxylic acids is 1. The molecule has 9 N–H and O–H groups in total. The number of benzene rings is 1. The summed E-state index contributed by atoms with van der Waals surface area (Å²) in [7, 11) is -4.75. The fraction of sp³-hybridized carbons (Fsp3) is 0.714. The second-order valence-electron chi connectivity index (χ2n) is 22.5. The maximum absolute atomic E-state index is 12.9. The van der Waals surface area contributed by atoms with Crippen LogP contribution < -0.4 is 32.6 Å². The van der Waals surface area contributed by atoms with Crippen molar-refractivity contribution in [1.29, 1.82) is 0 Å². The zero-order valence-electron chi connectivity index (χ0n) is 52.6. The molecule has 88 heavy (non-hydrogen) atoms. The smallest absolute Gasteiger partial charge is 0.472 e. The zero-order chi connectivity index (χ0) is 63.9. The number of carboxylic acids is 1. The van der Waals surface area contributed by atoms with Crippen LogP contribution in [0.15, 0.2) is 35.3 Å². The van der Waals surface area contributed by atoms with E-state index in [-0.39, 0.29) is 81.2 Å². The largest absolute Gasteiger partial charge is 0.480 e. The maximum Gasteiger partial charge on any atom is 0.472 e. The monoisotopic (exact) mass is 1260 g/mol. The van der Waals surface area contributed by atoms with Crippen LogP contribution in [-0.4, -0.2) is 117 Å². The number of carbonyl (C=O) groups is 6. The summed E-state index contributed by atoms with van der Waals surface area (Å²) >= 11 is 0. The first-order valence-corrected chi connectivity index (χ1v) is 34.1. The molecule has 0 saturated carbocycles. The number of rotatable bonds is 54. The Kier molecular flexibility index (Phi) is 41.2. The van der Waals surface area contributed by atoms with Crippen molar-refractivity contribution < 1.29 is 66.6 Å². The SMILES string of the molecule is CCCCCCCCCCCCCCCCCC(=O)OCC(COP(=O)(O)OCCNC(=O)OCCNC(=O)CCC(NC(=O)c1ccc(NCc2cnc3nc(N)[nH]c(=O)c3n2)cc1)C(=O)O)OC(=O)CCCCCCCCCCCCCCCCC. The summed E-state index contributed by atoms with van der Waals surface area (Å²) in [6.45, 7) is 2.51. The Balaban J connectivity index is 1.31. The number of carbonyl (C=O) groups excluding carboxylic acids is 5. The number of nitrogens with zero attached hydrogens (tertiary/aromatic N) is 3. The third-order valence-electron chi connectivity index (χ3n) is 14.8. The van der Waals surface area contributed by atoms with Crippen molar-refractivity contribution in [3.8, 4) is 0 Å². The molecule has 3 aromatic rings. The number of anilines is 2. The minimum atomic E-state index is -4.75. The van der Waals surface area contributed by atoms with Crippen LogP contribution in [0.2, 0.25) is 0 Å². The highest BCUT2D eigenvalue weighted by Crippen LogP contribution is 2.43. The minimum absolute atomic E-state index is 0.0236. The molecule has 0 aliphatic rings. The van der Waals surface area contributed by atoms with Crippen molar-refractivity contribution in [3.63, 3.8) is 0 Å². The molecule has 24 nitrogen and oxygen atoms in total. The highest BCUT2D eigenvalue weighted by molar-refractivity contribution is 7.47. The number of fused-ring (bicyclic) bond motifs is 1. The highest BCUT2D eigenvalue weighted by atomic mass is 31.2. The molecule has 0 fully saturated rings. The normalized spacial score (nSPS) is 12.6. The second-order valence-corrected chi connectivity index (χ2v) is 24.0. The molecule has 0 radical (unpaired) electrons. The Morgan fingerprint density at radius 3 is 1.67 bits per heavy atom. The van der Waals surface area contributed by atoms with Gasteiger partial charge in [0.1, 0.15) is 19.3 Å². The molecule has 0 bridgehead atoms. The summed E-state index contributed by atoms with van der Waals surface area (Å²) in [5, 5.41) is 20.1. The lowest BCUT2D eigenvalue weighted by molar-refractivity contribution is -0.161. The first kappa shape index (κ1) is 76.0. The van der Waals surface area contributed by atoms with E-state index in [0.29, 0.717) is 24.2 Å². The quantitative estimate of drug-likeness (QED) is 0.0113. The van der Waals surface area contributed by atoms with Crippen molar-refractivity contribution in [2.45, 2.75) is 251 Å². The van der Waals surface area contributed by atoms with Crippen molar-refractivity contribution in [2.75, 3.05) is 50.6 Å². The number of unbranched alkanes of at least 4 members (excludes halogenated alkanes) is 28. The van der Waals surface area contributed by atoms with Gasteiger partial charge in [-0.25, -0.2) is 24.1 Å². The van der Waals surface area contributed by atoms with E-state index < -0.39 is 74.6 Å². The Bertz CT molecular complexity index is 2560. The molecule has 3 rings (SSSR count). The number of nitrogen functional groups attached to an aromatic ring is 1. The van der Waals surface area contributed by atoms with E-state index in [2.05, 4.69) is 55.1 Å². The zero-order valence-corrected chi connectivity index (χ0v) is 53.5. The Labute approximate surface area is 520 Å². The number of hydrogen-bond acceptors (Lipinski definition) is 18. The van der Waals surface area contributed by atoms with E-state index >= 15 is 0 Å². The van der Waals surface area contributed by atoms with Gasteiger partial charge in [0, 0.05) is 37.1 Å². The molecule has 3 amide bonds. The van der Waals surface area contributed by atoms with Gasteiger partial charge in [0.2, 0.25) is 11.9 Å². The Morgan fingerprint density at radius 2 is 1.14 bits per heavy atom. The number of carboxylic acid groups (broad SMARTS) is 1. The first-order valence-electron chi connectivity index (χ1n) is 32.6. The molecule has 0 spiro atoms. The molecule has 25 heteroatoms. The van der Waals surface area contributed by atoms with E-state index in [9.17, 15) is 48.1 Å². The number of amides is 3. The lowest BCUT2D eigenvalue weighted by Crippen LogP contribution is -2.41. The Hall–Kier alpha value is -6.23. The molecule has 3 atom stereocenters. The number of esters is 2. The van der Waals surface area contributed by atoms with Crippen LogP contribution in [-0.2, 0) is 53.5 Å². The Morgan fingerprint density at radius 1 is 0.625 bits per heavy atom. The molecular weight excluding hydrogens is 1150 g/mol. The van der Waals surface area contributed by atoms with E-state index in [1.165, 1.54) is 160 Å². The number of phosphoric acid groups is 1. The van der Waals surface area contributed by atoms with Gasteiger partial charge >= 0.3 is 31.8 Å². The number of H-pyrrole nitrogens is 1. The summed E-state index contributed by atoms with van der Waals surface area (Å²) in [5.41, 5.74) is 6.32. The van der Waals surface area contributed by atoms with Gasteiger partial charge in [0.05, 0.1) is 38.2 Å². The van der Waals surface area contributed by atoms with Crippen LogP contribution in [0.1, 0.15) is 248 Å². The number of ether oxygens (including phenoxy) is 3. The number of nitrogens with one attached hydrogen (secondary N) is 5. The van der Waals surface area contributed by atoms with E-state index in [1.54, 1.807) is 12.1 Å². The highest BCUT2D eigenvalue weighted by Gasteiger charge is 2.27. The predicted octanol–water partition coefficient (Wildman–Crippen LogP) is 11.8. The topological polar surface area (TPSA) is 352 Å². The van der Waals surface area contributed by atoms with Crippen LogP contribution in [0, 0.1) is 0 Å². The molecule has 0 aliphatic heterocycles. The molecule has 3 unspecified atom stereocenters. The first-order chi connectivity index (χ1) is 42.6. The fourth-order valence-corrected chi connectivity index (χ4v) is 10.4. The summed E-state index contributed by atoms with van der Waals surface area (Å²) in [5.74, 6) is -3.71. The van der Waals surface area contributed by atoms with Gasteiger partial charge in [-0.15, -0.1) is 0 Å². The van der Waals surface area contributed by atoms with Crippen LogP contribution in [0.5, 0.6) is 0 Å². The van der Waals surface area contributed by atoms with Crippen LogP contribution >= 0.6 is 7.82 Å². The summed E-state index contributed by atoms with van der Waals surface area (Å²) in [6.07, 6.45) is 34.9. The van der Waals surface area contributed by atoms with E-state index in [1.807, 2.05) is 0 Å². The third kappa shape index (κ3) is 37.6. The number of nitrogens with two attached hydrogens (primary N) is 1. The number of phosphoric ester groups is 1. The molecule has 0 aliphatic carbocycles. The average molecular weight is 1260 g/mol. The predicted molar refractivity (Wildman–Crippen MR) is 338 cm³/mol. The van der Waals surface area contributed by atoms with Gasteiger partial charge < -0.3 is 51.2 Å².